The molecule has 3 amide bonds. The first-order valence-corrected chi connectivity index (χ1v) is 9.32. The molecule has 2 heterocycles. The van der Waals surface area contributed by atoms with Gasteiger partial charge in [-0.05, 0) is 29.7 Å². The Hall–Kier alpha value is -3.55. The summed E-state index contributed by atoms with van der Waals surface area (Å²) < 4.78 is 0. The van der Waals surface area contributed by atoms with Crippen molar-refractivity contribution >= 4 is 23.5 Å². The Balaban J connectivity index is 1.74. The second-order valence-electron chi connectivity index (χ2n) is 6.91. The molecule has 8 heteroatoms. The molecule has 1 saturated heterocycles. The van der Waals surface area contributed by atoms with E-state index < -0.39 is 29.7 Å². The van der Waals surface area contributed by atoms with Crippen LogP contribution in [0.2, 0.25) is 0 Å². The van der Waals surface area contributed by atoms with Gasteiger partial charge in [0, 0.05) is 31.8 Å². The lowest BCUT2D eigenvalue weighted by molar-refractivity contribution is -0.140. The maximum atomic E-state index is 12.9. The van der Waals surface area contributed by atoms with E-state index in [4.69, 9.17) is 5.73 Å². The van der Waals surface area contributed by atoms with E-state index in [2.05, 4.69) is 10.3 Å². The molecule has 2 atom stereocenters. The lowest BCUT2D eigenvalue weighted by Gasteiger charge is -2.26. The van der Waals surface area contributed by atoms with E-state index >= 15 is 0 Å². The predicted molar refractivity (Wildman–Crippen MR) is 104 cm³/mol. The van der Waals surface area contributed by atoms with Gasteiger partial charge < -0.3 is 16.0 Å². The molecule has 1 unspecified atom stereocenters. The minimum atomic E-state index is -1.11. The first-order valence-electron chi connectivity index (χ1n) is 9.32. The Morgan fingerprint density at radius 3 is 2.45 bits per heavy atom. The molecule has 2 aromatic rings. The predicted octanol–water partition coefficient (Wildman–Crippen LogP) is 0.354. The molecule has 0 aliphatic carbocycles. The highest BCUT2D eigenvalue weighted by Gasteiger charge is 2.38. The molecule has 1 fully saturated rings. The number of primary amides is 1. The molecule has 3 rings (SSSR count). The molecular formula is C21H22N4O4. The van der Waals surface area contributed by atoms with E-state index in [9.17, 15) is 19.2 Å². The van der Waals surface area contributed by atoms with Crippen LogP contribution in [0.5, 0.6) is 0 Å². The standard InChI is InChI=1S/C21H22N4O4/c22-20(28)19(27)16(12-14-4-2-1-3-5-14)24-21(29)17-6-7-18(26)25(17)13-15-8-10-23-11-9-15/h1-5,8-11,16-17H,6-7,12-13H2,(H2,22,28)(H,24,29)/t16?,17-/m1/s1. The van der Waals surface area contributed by atoms with Crippen LogP contribution in [-0.2, 0) is 32.1 Å². The average molecular weight is 394 g/mol. The third kappa shape index (κ3) is 5.04. The Morgan fingerprint density at radius 2 is 1.79 bits per heavy atom. The van der Waals surface area contributed by atoms with E-state index in [0.29, 0.717) is 6.42 Å². The number of hydrogen-bond donors (Lipinski definition) is 2. The molecule has 150 valence electrons. The van der Waals surface area contributed by atoms with Crippen LogP contribution in [0.15, 0.2) is 54.9 Å². The van der Waals surface area contributed by atoms with Gasteiger partial charge >= 0.3 is 0 Å². The second-order valence-corrected chi connectivity index (χ2v) is 6.91. The van der Waals surface area contributed by atoms with E-state index in [-0.39, 0.29) is 25.3 Å². The van der Waals surface area contributed by atoms with Gasteiger partial charge in [-0.1, -0.05) is 30.3 Å². The van der Waals surface area contributed by atoms with Crippen LogP contribution in [-0.4, -0.2) is 45.5 Å². The maximum absolute atomic E-state index is 12.9. The fourth-order valence-corrected chi connectivity index (χ4v) is 3.39. The Labute approximate surface area is 168 Å². The summed E-state index contributed by atoms with van der Waals surface area (Å²) >= 11 is 0. The highest BCUT2D eigenvalue weighted by atomic mass is 16.2. The molecule has 3 N–H and O–H groups in total. The summed E-state index contributed by atoms with van der Waals surface area (Å²) in [5, 5.41) is 2.63. The molecule has 8 nitrogen and oxygen atoms in total. The number of ketones is 1. The van der Waals surface area contributed by atoms with Crippen molar-refractivity contribution in [3.8, 4) is 0 Å². The minimum Gasteiger partial charge on any atom is -0.363 e. The summed E-state index contributed by atoms with van der Waals surface area (Å²) in [5.74, 6) is -2.59. The van der Waals surface area contributed by atoms with Gasteiger partial charge in [0.25, 0.3) is 5.91 Å². The zero-order chi connectivity index (χ0) is 20.8. The van der Waals surface area contributed by atoms with Crippen LogP contribution >= 0.6 is 0 Å². The van der Waals surface area contributed by atoms with Crippen molar-refractivity contribution < 1.29 is 19.2 Å². The average Bonchev–Trinajstić information content (AvgIpc) is 3.08. The largest absolute Gasteiger partial charge is 0.363 e. The van der Waals surface area contributed by atoms with Gasteiger partial charge in [0.2, 0.25) is 17.6 Å². The van der Waals surface area contributed by atoms with Crippen LogP contribution < -0.4 is 11.1 Å². The van der Waals surface area contributed by atoms with Crippen LogP contribution in [0.4, 0.5) is 0 Å². The quantitative estimate of drug-likeness (QED) is 0.626. The highest BCUT2D eigenvalue weighted by molar-refractivity contribution is 6.37. The molecule has 0 bridgehead atoms. The number of nitrogens with zero attached hydrogens (tertiary/aromatic N) is 2. The minimum absolute atomic E-state index is 0.136. The lowest BCUT2D eigenvalue weighted by atomic mass is 10.0. The second kappa shape index (κ2) is 9.09. The number of nitrogens with one attached hydrogen (secondary N) is 1. The summed E-state index contributed by atoms with van der Waals surface area (Å²) in [5.41, 5.74) is 6.79. The Bertz CT molecular complexity index is 901. The summed E-state index contributed by atoms with van der Waals surface area (Å²) in [4.78, 5) is 54.3. The molecule has 1 aliphatic rings. The van der Waals surface area contributed by atoms with E-state index in [1.807, 2.05) is 6.07 Å². The fraction of sp³-hybridized carbons (Fsp3) is 0.286. The van der Waals surface area contributed by atoms with Crippen molar-refractivity contribution in [2.24, 2.45) is 5.73 Å². The molecule has 0 saturated carbocycles. The van der Waals surface area contributed by atoms with Crippen molar-refractivity contribution in [1.29, 1.82) is 0 Å². The third-order valence-electron chi connectivity index (χ3n) is 4.89. The summed E-state index contributed by atoms with van der Waals surface area (Å²) in [7, 11) is 0. The summed E-state index contributed by atoms with van der Waals surface area (Å²) in [6.07, 6.45) is 3.97. The highest BCUT2D eigenvalue weighted by Crippen LogP contribution is 2.22. The van der Waals surface area contributed by atoms with Crippen molar-refractivity contribution in [2.45, 2.75) is 37.9 Å². The van der Waals surface area contributed by atoms with Crippen molar-refractivity contribution in [1.82, 2.24) is 15.2 Å². The number of amides is 3. The van der Waals surface area contributed by atoms with Gasteiger partial charge in [-0.3, -0.25) is 24.2 Å². The smallest absolute Gasteiger partial charge is 0.287 e. The number of benzene rings is 1. The summed E-state index contributed by atoms with van der Waals surface area (Å²) in [6, 6.07) is 10.8. The first kappa shape index (κ1) is 20.2. The Kier molecular flexibility index (Phi) is 6.33. The number of likely N-dealkylation sites (tertiary alicyclic amines) is 1. The van der Waals surface area contributed by atoms with Crippen molar-refractivity contribution in [3.05, 3.63) is 66.0 Å². The first-order chi connectivity index (χ1) is 14.0. The maximum Gasteiger partial charge on any atom is 0.287 e. The number of pyridine rings is 1. The van der Waals surface area contributed by atoms with Gasteiger partial charge in [-0.2, -0.15) is 0 Å². The zero-order valence-corrected chi connectivity index (χ0v) is 15.8. The Morgan fingerprint density at radius 1 is 1.10 bits per heavy atom. The van der Waals surface area contributed by atoms with Crippen LogP contribution in [0, 0.1) is 0 Å². The van der Waals surface area contributed by atoms with Crippen LogP contribution in [0.25, 0.3) is 0 Å². The number of hydrogen-bond acceptors (Lipinski definition) is 5. The molecule has 0 radical (unpaired) electrons. The molecule has 1 aromatic heterocycles. The monoisotopic (exact) mass is 394 g/mol. The molecule has 1 aromatic carbocycles. The molecule has 1 aliphatic heterocycles. The number of nitrogens with two attached hydrogens (primary N) is 1. The normalized spacial score (nSPS) is 17.0. The molecule has 29 heavy (non-hydrogen) atoms. The zero-order valence-electron chi connectivity index (χ0n) is 15.8. The number of Topliss-reactive ketones (excluding diaryl/α,β-unsaturated/α-hetero) is 1. The van der Waals surface area contributed by atoms with Crippen LogP contribution in [0.3, 0.4) is 0 Å². The molecule has 0 spiro atoms. The van der Waals surface area contributed by atoms with Gasteiger partial charge in [0.1, 0.15) is 12.1 Å². The van der Waals surface area contributed by atoms with Gasteiger partial charge in [-0.25, -0.2) is 0 Å². The third-order valence-corrected chi connectivity index (χ3v) is 4.89. The van der Waals surface area contributed by atoms with E-state index in [1.165, 1.54) is 4.90 Å². The molecular weight excluding hydrogens is 372 g/mol. The van der Waals surface area contributed by atoms with Crippen molar-refractivity contribution in [3.63, 3.8) is 0 Å². The fourth-order valence-electron chi connectivity index (χ4n) is 3.39. The number of aromatic nitrogens is 1. The lowest BCUT2D eigenvalue weighted by Crippen LogP contribution is -2.53. The SMILES string of the molecule is NC(=O)C(=O)C(Cc1ccccc1)NC(=O)[C@H]1CCC(=O)N1Cc1ccncc1. The van der Waals surface area contributed by atoms with Gasteiger partial charge in [-0.15, -0.1) is 0 Å². The van der Waals surface area contributed by atoms with Crippen LogP contribution in [0.1, 0.15) is 24.0 Å². The number of carbonyl (C=O) groups excluding carboxylic acids is 4. The van der Waals surface area contributed by atoms with Gasteiger partial charge in [0.05, 0.1) is 0 Å². The van der Waals surface area contributed by atoms with E-state index in [0.717, 1.165) is 11.1 Å². The van der Waals surface area contributed by atoms with E-state index in [1.54, 1.807) is 48.8 Å². The van der Waals surface area contributed by atoms with Crippen molar-refractivity contribution in [2.75, 3.05) is 0 Å². The number of carbonyl (C=O) groups is 4. The topological polar surface area (TPSA) is 122 Å². The van der Waals surface area contributed by atoms with Gasteiger partial charge in [0.15, 0.2) is 0 Å². The number of rotatable bonds is 8. The summed E-state index contributed by atoms with van der Waals surface area (Å²) in [6.45, 7) is 0.270.